The van der Waals surface area contributed by atoms with Crippen LogP contribution < -0.4 is 11.5 Å². The van der Waals surface area contributed by atoms with Crippen molar-refractivity contribution < 1.29 is 0 Å². The van der Waals surface area contributed by atoms with E-state index in [0.717, 1.165) is 0 Å². The van der Waals surface area contributed by atoms with Crippen LogP contribution in [0.4, 0.5) is 0 Å². The van der Waals surface area contributed by atoms with E-state index in [4.69, 9.17) is 16.9 Å². The van der Waals surface area contributed by atoms with Crippen LogP contribution in [0.15, 0.2) is 16.3 Å². The molecular weight excluding hydrogens is 140 g/mol. The summed E-state index contributed by atoms with van der Waals surface area (Å²) in [4.78, 5) is 3.75. The molecule has 0 rings (SSSR count). The third kappa shape index (κ3) is 2.41. The van der Waals surface area contributed by atoms with E-state index in [1.165, 1.54) is 0 Å². The summed E-state index contributed by atoms with van der Waals surface area (Å²) in [5.74, 6) is 0.317. The van der Waals surface area contributed by atoms with E-state index in [-0.39, 0.29) is 0 Å². The highest BCUT2D eigenvalue weighted by Gasteiger charge is 2.06. The molecule has 0 unspecified atom stereocenters. The maximum absolute atomic E-state index is 7.32. The van der Waals surface area contributed by atoms with Gasteiger partial charge in [0.1, 0.15) is 5.84 Å². The summed E-state index contributed by atoms with van der Waals surface area (Å²) in [7, 11) is 1.57. The SMILES string of the molecule is CN=C(N)/C(C(C)=N)=C(\C)N. The van der Waals surface area contributed by atoms with Crippen molar-refractivity contribution in [3.63, 3.8) is 0 Å². The van der Waals surface area contributed by atoms with Gasteiger partial charge in [-0.3, -0.25) is 4.99 Å². The fraction of sp³-hybridized carbons (Fsp3) is 0.429. The van der Waals surface area contributed by atoms with Gasteiger partial charge in [-0.05, 0) is 13.8 Å². The average Bonchev–Trinajstić information content (AvgIpc) is 1.85. The van der Waals surface area contributed by atoms with Crippen LogP contribution in [0.2, 0.25) is 0 Å². The fourth-order valence-corrected chi connectivity index (χ4v) is 0.802. The fourth-order valence-electron chi connectivity index (χ4n) is 0.802. The van der Waals surface area contributed by atoms with E-state index < -0.39 is 0 Å². The number of aliphatic imine (C=N–C) groups is 1. The zero-order chi connectivity index (χ0) is 9.02. The largest absolute Gasteiger partial charge is 0.402 e. The Hall–Kier alpha value is -1.32. The number of nitrogens with one attached hydrogen (secondary N) is 1. The predicted molar refractivity (Wildman–Crippen MR) is 47.8 cm³/mol. The monoisotopic (exact) mass is 154 g/mol. The van der Waals surface area contributed by atoms with Crippen LogP contribution in [0.5, 0.6) is 0 Å². The van der Waals surface area contributed by atoms with Gasteiger partial charge in [-0.15, -0.1) is 0 Å². The topological polar surface area (TPSA) is 88.2 Å². The molecule has 0 aliphatic heterocycles. The molecule has 11 heavy (non-hydrogen) atoms. The third-order valence-electron chi connectivity index (χ3n) is 1.27. The molecule has 4 nitrogen and oxygen atoms in total. The Kier molecular flexibility index (Phi) is 3.30. The van der Waals surface area contributed by atoms with Gasteiger partial charge in [-0.25, -0.2) is 0 Å². The lowest BCUT2D eigenvalue weighted by atomic mass is 10.1. The van der Waals surface area contributed by atoms with Gasteiger partial charge in [0, 0.05) is 18.5 Å². The van der Waals surface area contributed by atoms with Crippen molar-refractivity contribution in [2.24, 2.45) is 16.5 Å². The zero-order valence-electron chi connectivity index (χ0n) is 7.10. The molecule has 0 radical (unpaired) electrons. The summed E-state index contributed by atoms with van der Waals surface area (Å²) in [6, 6.07) is 0. The molecule has 0 aromatic rings. The van der Waals surface area contributed by atoms with Gasteiger partial charge < -0.3 is 16.9 Å². The van der Waals surface area contributed by atoms with Crippen molar-refractivity contribution in [2.75, 3.05) is 7.05 Å². The van der Waals surface area contributed by atoms with Crippen molar-refractivity contribution in [2.45, 2.75) is 13.8 Å². The van der Waals surface area contributed by atoms with E-state index in [1.54, 1.807) is 20.9 Å². The normalized spacial score (nSPS) is 14.3. The van der Waals surface area contributed by atoms with Crippen LogP contribution in [0.1, 0.15) is 13.8 Å². The van der Waals surface area contributed by atoms with E-state index >= 15 is 0 Å². The lowest BCUT2D eigenvalue weighted by molar-refractivity contribution is 1.27. The van der Waals surface area contributed by atoms with Crippen molar-refractivity contribution in [3.8, 4) is 0 Å². The number of amidine groups is 1. The molecule has 0 aliphatic carbocycles. The van der Waals surface area contributed by atoms with Gasteiger partial charge >= 0.3 is 0 Å². The van der Waals surface area contributed by atoms with Crippen LogP contribution in [0.3, 0.4) is 0 Å². The van der Waals surface area contributed by atoms with Gasteiger partial charge in [0.2, 0.25) is 0 Å². The highest BCUT2D eigenvalue weighted by atomic mass is 14.8. The van der Waals surface area contributed by atoms with E-state index in [0.29, 0.717) is 22.8 Å². The molecule has 0 spiro atoms. The minimum absolute atomic E-state index is 0.317. The molecule has 0 fully saturated rings. The summed E-state index contributed by atoms with van der Waals surface area (Å²) >= 11 is 0. The van der Waals surface area contributed by atoms with Gasteiger partial charge in [-0.2, -0.15) is 0 Å². The van der Waals surface area contributed by atoms with Crippen LogP contribution >= 0.6 is 0 Å². The second-order valence-electron chi connectivity index (χ2n) is 2.29. The third-order valence-corrected chi connectivity index (χ3v) is 1.27. The van der Waals surface area contributed by atoms with Gasteiger partial charge in [-0.1, -0.05) is 0 Å². The lowest BCUT2D eigenvalue weighted by Gasteiger charge is -2.05. The molecule has 0 aliphatic rings. The Morgan fingerprint density at radius 3 is 1.82 bits per heavy atom. The Balaban J connectivity index is 4.95. The lowest BCUT2D eigenvalue weighted by Crippen LogP contribution is -2.22. The van der Waals surface area contributed by atoms with Gasteiger partial charge in [0.25, 0.3) is 0 Å². The summed E-state index contributed by atoms with van der Waals surface area (Å²) in [6.07, 6.45) is 0. The molecule has 0 atom stereocenters. The predicted octanol–water partition coefficient (Wildman–Crippen LogP) is 0.246. The molecule has 4 heteroatoms. The summed E-state index contributed by atoms with van der Waals surface area (Å²) in [5.41, 5.74) is 12.4. The second kappa shape index (κ2) is 3.75. The number of nitrogens with zero attached hydrogens (tertiary/aromatic N) is 1. The highest BCUT2D eigenvalue weighted by Crippen LogP contribution is 2.00. The maximum atomic E-state index is 7.32. The average molecular weight is 154 g/mol. The van der Waals surface area contributed by atoms with Crippen LogP contribution in [0.25, 0.3) is 0 Å². The molecule has 0 bridgehead atoms. The van der Waals surface area contributed by atoms with Crippen molar-refractivity contribution in [1.82, 2.24) is 0 Å². The summed E-state index contributed by atoms with van der Waals surface area (Å²) < 4.78 is 0. The van der Waals surface area contributed by atoms with Crippen LogP contribution in [0, 0.1) is 5.41 Å². The molecule has 62 valence electrons. The Bertz CT molecular complexity index is 221. The minimum atomic E-state index is 0.317. The Morgan fingerprint density at radius 2 is 1.73 bits per heavy atom. The number of rotatable bonds is 2. The molecule has 0 aromatic carbocycles. The van der Waals surface area contributed by atoms with Gasteiger partial charge in [0.05, 0.1) is 5.57 Å². The first-order valence-corrected chi connectivity index (χ1v) is 3.25. The van der Waals surface area contributed by atoms with E-state index in [2.05, 4.69) is 4.99 Å². The second-order valence-corrected chi connectivity index (χ2v) is 2.29. The molecule has 0 aromatic heterocycles. The van der Waals surface area contributed by atoms with E-state index in [9.17, 15) is 0 Å². The molecule has 0 amide bonds. The number of hydrogen-bond acceptors (Lipinski definition) is 3. The molecular formula is C7H14N4. The number of allylic oxidation sites excluding steroid dienone is 1. The first-order chi connectivity index (χ1) is 5.00. The standard InChI is InChI=1S/C7H14N4/c1-4(8)6(5(2)9)7(10)11-3/h8H,9H2,1-3H3,(H2,10,11)/b6-5+,8-4?. The highest BCUT2D eigenvalue weighted by molar-refractivity contribution is 6.21. The Morgan fingerprint density at radius 1 is 1.27 bits per heavy atom. The Labute approximate surface area is 66.5 Å². The summed E-state index contributed by atoms with van der Waals surface area (Å²) in [5, 5.41) is 7.32. The van der Waals surface area contributed by atoms with Crippen molar-refractivity contribution in [3.05, 3.63) is 11.3 Å². The number of hydrogen-bond donors (Lipinski definition) is 3. The first-order valence-electron chi connectivity index (χ1n) is 3.25. The smallest absolute Gasteiger partial charge is 0.128 e. The number of nitrogens with two attached hydrogens (primary N) is 2. The maximum Gasteiger partial charge on any atom is 0.128 e. The van der Waals surface area contributed by atoms with Crippen LogP contribution in [-0.2, 0) is 0 Å². The molecule has 0 heterocycles. The minimum Gasteiger partial charge on any atom is -0.402 e. The van der Waals surface area contributed by atoms with E-state index in [1.807, 2.05) is 0 Å². The zero-order valence-corrected chi connectivity index (χ0v) is 7.10. The van der Waals surface area contributed by atoms with Crippen LogP contribution in [-0.4, -0.2) is 18.6 Å². The van der Waals surface area contributed by atoms with Crippen molar-refractivity contribution in [1.29, 1.82) is 5.41 Å². The molecule has 5 N–H and O–H groups in total. The molecule has 0 saturated carbocycles. The quantitative estimate of drug-likeness (QED) is 0.393. The van der Waals surface area contributed by atoms with Crippen molar-refractivity contribution >= 4 is 11.5 Å². The molecule has 0 saturated heterocycles. The summed E-state index contributed by atoms with van der Waals surface area (Å²) in [6.45, 7) is 3.33. The first kappa shape index (κ1) is 9.68. The van der Waals surface area contributed by atoms with Gasteiger partial charge in [0.15, 0.2) is 0 Å².